The Labute approximate surface area is 141 Å². The molecule has 4 nitrogen and oxygen atoms in total. The van der Waals surface area contributed by atoms with Crippen LogP contribution in [-0.4, -0.2) is 16.4 Å². The van der Waals surface area contributed by atoms with Gasteiger partial charge in [0.05, 0.1) is 18.0 Å². The van der Waals surface area contributed by atoms with Crippen molar-refractivity contribution in [2.45, 2.75) is 20.8 Å². The van der Waals surface area contributed by atoms with Gasteiger partial charge < -0.3 is 4.74 Å². The quantitative estimate of drug-likeness (QED) is 0.715. The smallest absolute Gasteiger partial charge is 0.163 e. The predicted octanol–water partition coefficient (Wildman–Crippen LogP) is 4.43. The molecule has 0 bridgehead atoms. The maximum absolute atomic E-state index is 9.29. The van der Waals surface area contributed by atoms with Crippen molar-refractivity contribution in [1.82, 2.24) is 9.78 Å². The number of hydrogen-bond donors (Lipinski definition) is 0. The Morgan fingerprint density at radius 3 is 2.58 bits per heavy atom. The second-order valence-corrected chi connectivity index (χ2v) is 5.71. The zero-order chi connectivity index (χ0) is 17.1. The average Bonchev–Trinajstić information content (AvgIpc) is 3.01. The van der Waals surface area contributed by atoms with E-state index in [1.807, 2.05) is 61.9 Å². The molecule has 24 heavy (non-hydrogen) atoms. The predicted molar refractivity (Wildman–Crippen MR) is 94.4 cm³/mol. The Morgan fingerprint density at radius 1 is 1.08 bits per heavy atom. The van der Waals surface area contributed by atoms with Gasteiger partial charge in [-0.1, -0.05) is 23.8 Å². The molecule has 3 aromatic rings. The minimum absolute atomic E-state index is 0.385. The SMILES string of the molecule is CCOc1ccc(C)cc1-c1cc(C#N)nn1-c1cccc(C)c1. The van der Waals surface area contributed by atoms with Crippen molar-refractivity contribution >= 4 is 0 Å². The van der Waals surface area contributed by atoms with Gasteiger partial charge in [-0.25, -0.2) is 4.68 Å². The van der Waals surface area contributed by atoms with Crippen LogP contribution in [0.3, 0.4) is 0 Å². The summed E-state index contributed by atoms with van der Waals surface area (Å²) in [7, 11) is 0. The summed E-state index contributed by atoms with van der Waals surface area (Å²) in [5.41, 5.74) is 5.37. The van der Waals surface area contributed by atoms with Crippen LogP contribution in [0.5, 0.6) is 5.75 Å². The molecule has 0 spiro atoms. The van der Waals surface area contributed by atoms with Crippen molar-refractivity contribution in [3.05, 3.63) is 65.4 Å². The molecule has 0 aliphatic rings. The molecule has 120 valence electrons. The second-order valence-electron chi connectivity index (χ2n) is 5.71. The lowest BCUT2D eigenvalue weighted by Gasteiger charge is -2.13. The van der Waals surface area contributed by atoms with E-state index in [9.17, 15) is 5.26 Å². The third-order valence-electron chi connectivity index (χ3n) is 3.78. The van der Waals surface area contributed by atoms with E-state index in [-0.39, 0.29) is 0 Å². The Hall–Kier alpha value is -3.06. The Bertz CT molecular complexity index is 919. The average molecular weight is 317 g/mol. The fraction of sp³-hybridized carbons (Fsp3) is 0.200. The largest absolute Gasteiger partial charge is 0.493 e. The molecular weight excluding hydrogens is 298 g/mol. The van der Waals surface area contributed by atoms with Crippen LogP contribution < -0.4 is 4.74 Å². The molecule has 0 saturated heterocycles. The summed E-state index contributed by atoms with van der Waals surface area (Å²) in [6.45, 7) is 6.62. The maximum Gasteiger partial charge on any atom is 0.163 e. The first-order valence-electron chi connectivity index (χ1n) is 7.93. The van der Waals surface area contributed by atoms with Gasteiger partial charge >= 0.3 is 0 Å². The van der Waals surface area contributed by atoms with E-state index >= 15 is 0 Å². The standard InChI is InChI=1S/C20H19N3O/c1-4-24-20-9-8-15(3)11-18(20)19-12-16(13-21)22-23(19)17-7-5-6-14(2)10-17/h5-12H,4H2,1-3H3. The molecule has 0 N–H and O–H groups in total. The summed E-state index contributed by atoms with van der Waals surface area (Å²) in [5.74, 6) is 0.793. The second kappa shape index (κ2) is 6.59. The van der Waals surface area contributed by atoms with Crippen LogP contribution in [0.25, 0.3) is 16.9 Å². The van der Waals surface area contributed by atoms with Crippen molar-refractivity contribution < 1.29 is 4.74 Å². The first kappa shape index (κ1) is 15.8. The first-order valence-corrected chi connectivity index (χ1v) is 7.93. The normalized spacial score (nSPS) is 10.4. The van der Waals surface area contributed by atoms with Gasteiger partial charge in [0.1, 0.15) is 11.8 Å². The van der Waals surface area contributed by atoms with Crippen LogP contribution in [0.15, 0.2) is 48.5 Å². The van der Waals surface area contributed by atoms with E-state index in [0.717, 1.165) is 33.8 Å². The molecule has 0 fully saturated rings. The number of nitrogens with zero attached hydrogens (tertiary/aromatic N) is 3. The van der Waals surface area contributed by atoms with E-state index in [1.165, 1.54) is 0 Å². The summed E-state index contributed by atoms with van der Waals surface area (Å²) in [6.07, 6.45) is 0. The van der Waals surface area contributed by atoms with Gasteiger partial charge in [-0.05, 0) is 50.6 Å². The summed E-state index contributed by atoms with van der Waals surface area (Å²) in [5, 5.41) is 13.7. The van der Waals surface area contributed by atoms with Crippen LogP contribution >= 0.6 is 0 Å². The number of ether oxygens (including phenoxy) is 1. The van der Waals surface area contributed by atoms with Crippen molar-refractivity contribution in [3.63, 3.8) is 0 Å². The van der Waals surface area contributed by atoms with E-state index in [0.29, 0.717) is 12.3 Å². The van der Waals surface area contributed by atoms with Gasteiger partial charge in [-0.3, -0.25) is 0 Å². The number of aryl methyl sites for hydroxylation is 2. The van der Waals surface area contributed by atoms with Crippen LogP contribution in [0, 0.1) is 25.2 Å². The molecular formula is C20H19N3O. The molecule has 0 unspecified atom stereocenters. The molecule has 0 aliphatic carbocycles. The van der Waals surface area contributed by atoms with Gasteiger partial charge in [0.15, 0.2) is 5.69 Å². The zero-order valence-corrected chi connectivity index (χ0v) is 14.1. The number of benzene rings is 2. The maximum atomic E-state index is 9.29. The number of rotatable bonds is 4. The van der Waals surface area contributed by atoms with Gasteiger partial charge in [0, 0.05) is 11.6 Å². The van der Waals surface area contributed by atoms with Gasteiger partial charge in [-0.2, -0.15) is 10.4 Å². The molecule has 4 heteroatoms. The minimum Gasteiger partial charge on any atom is -0.493 e. The fourth-order valence-electron chi connectivity index (χ4n) is 2.71. The molecule has 3 rings (SSSR count). The van der Waals surface area contributed by atoms with E-state index in [2.05, 4.69) is 17.2 Å². The highest BCUT2D eigenvalue weighted by Gasteiger charge is 2.16. The zero-order valence-electron chi connectivity index (χ0n) is 14.1. The molecule has 0 aliphatic heterocycles. The van der Waals surface area contributed by atoms with Crippen molar-refractivity contribution in [2.24, 2.45) is 0 Å². The summed E-state index contributed by atoms with van der Waals surface area (Å²) < 4.78 is 7.59. The molecule has 1 aromatic heterocycles. The highest BCUT2D eigenvalue weighted by atomic mass is 16.5. The third-order valence-corrected chi connectivity index (χ3v) is 3.78. The van der Waals surface area contributed by atoms with Crippen LogP contribution in [-0.2, 0) is 0 Å². The minimum atomic E-state index is 0.385. The first-order chi connectivity index (χ1) is 11.6. The van der Waals surface area contributed by atoms with E-state index in [1.54, 1.807) is 6.07 Å². The lowest BCUT2D eigenvalue weighted by molar-refractivity contribution is 0.341. The molecule has 0 saturated carbocycles. The van der Waals surface area contributed by atoms with E-state index < -0.39 is 0 Å². The van der Waals surface area contributed by atoms with Crippen molar-refractivity contribution in [3.8, 4) is 28.8 Å². The number of hydrogen-bond acceptors (Lipinski definition) is 3. The molecule has 0 amide bonds. The molecule has 1 heterocycles. The van der Waals surface area contributed by atoms with Crippen LogP contribution in [0.1, 0.15) is 23.7 Å². The fourth-order valence-corrected chi connectivity index (χ4v) is 2.71. The highest BCUT2D eigenvalue weighted by Crippen LogP contribution is 2.33. The summed E-state index contributed by atoms with van der Waals surface area (Å²) in [6, 6.07) is 18.1. The summed E-state index contributed by atoms with van der Waals surface area (Å²) in [4.78, 5) is 0. The van der Waals surface area contributed by atoms with Gasteiger partial charge in [0.25, 0.3) is 0 Å². The topological polar surface area (TPSA) is 50.8 Å². The number of nitriles is 1. The Balaban J connectivity index is 2.24. The number of aromatic nitrogens is 2. The lowest BCUT2D eigenvalue weighted by atomic mass is 10.1. The highest BCUT2D eigenvalue weighted by molar-refractivity contribution is 5.71. The third kappa shape index (κ3) is 3.02. The molecule has 2 aromatic carbocycles. The molecule has 0 atom stereocenters. The lowest BCUT2D eigenvalue weighted by Crippen LogP contribution is -2.02. The van der Waals surface area contributed by atoms with Gasteiger partial charge in [0.2, 0.25) is 0 Å². The van der Waals surface area contributed by atoms with Crippen molar-refractivity contribution in [2.75, 3.05) is 6.61 Å². The Morgan fingerprint density at radius 2 is 1.88 bits per heavy atom. The Kier molecular flexibility index (Phi) is 4.35. The molecule has 0 radical (unpaired) electrons. The monoisotopic (exact) mass is 317 g/mol. The van der Waals surface area contributed by atoms with E-state index in [4.69, 9.17) is 4.74 Å². The summed E-state index contributed by atoms with van der Waals surface area (Å²) >= 11 is 0. The van der Waals surface area contributed by atoms with Crippen LogP contribution in [0.4, 0.5) is 0 Å². The van der Waals surface area contributed by atoms with Crippen molar-refractivity contribution in [1.29, 1.82) is 5.26 Å². The van der Waals surface area contributed by atoms with Crippen LogP contribution in [0.2, 0.25) is 0 Å². The van der Waals surface area contributed by atoms with Gasteiger partial charge in [-0.15, -0.1) is 0 Å².